The number of alkyl halides is 3. The molecule has 29 heavy (non-hydrogen) atoms. The van der Waals surface area contributed by atoms with Gasteiger partial charge in [-0.3, -0.25) is 4.79 Å². The van der Waals surface area contributed by atoms with E-state index in [2.05, 4.69) is 4.98 Å². The number of ether oxygens (including phenoxy) is 1. The summed E-state index contributed by atoms with van der Waals surface area (Å²) in [5, 5.41) is 8.90. The van der Waals surface area contributed by atoms with Crippen molar-refractivity contribution in [3.63, 3.8) is 0 Å². The van der Waals surface area contributed by atoms with E-state index in [1.807, 2.05) is 0 Å². The fraction of sp³-hybridized carbons (Fsp3) is 0.238. The number of rotatable bonds is 6. The van der Waals surface area contributed by atoms with E-state index in [0.29, 0.717) is 28.3 Å². The number of oxazole rings is 1. The Hall–Kier alpha value is -3.29. The number of aryl methyl sites for hydroxylation is 1. The molecular formula is C21H18F3NO4. The van der Waals surface area contributed by atoms with Crippen LogP contribution in [0.4, 0.5) is 13.2 Å². The van der Waals surface area contributed by atoms with Gasteiger partial charge in [-0.1, -0.05) is 12.1 Å². The molecule has 0 amide bonds. The van der Waals surface area contributed by atoms with Crippen LogP contribution in [0.15, 0.2) is 52.9 Å². The van der Waals surface area contributed by atoms with Gasteiger partial charge in [0.2, 0.25) is 5.89 Å². The topological polar surface area (TPSA) is 72.6 Å². The van der Waals surface area contributed by atoms with Crippen molar-refractivity contribution in [3.05, 3.63) is 71.1 Å². The van der Waals surface area contributed by atoms with Gasteiger partial charge in [-0.15, -0.1) is 0 Å². The maximum atomic E-state index is 12.7. The number of nitrogens with zero attached hydrogens (tertiary/aromatic N) is 1. The van der Waals surface area contributed by atoms with E-state index in [1.54, 1.807) is 38.1 Å². The van der Waals surface area contributed by atoms with Crippen LogP contribution in [-0.2, 0) is 17.4 Å². The van der Waals surface area contributed by atoms with Crippen molar-refractivity contribution in [2.45, 2.75) is 32.5 Å². The third-order valence-corrected chi connectivity index (χ3v) is 4.23. The highest BCUT2D eigenvalue weighted by molar-refractivity contribution is 5.70. The number of carboxylic acid groups (broad SMARTS) is 1. The molecule has 1 N–H and O–H groups in total. The van der Waals surface area contributed by atoms with Gasteiger partial charge in [0, 0.05) is 5.56 Å². The zero-order chi connectivity index (χ0) is 21.2. The summed E-state index contributed by atoms with van der Waals surface area (Å²) < 4.78 is 49.7. The molecule has 0 radical (unpaired) electrons. The normalized spacial score (nSPS) is 12.6. The number of hydrogen-bond acceptors (Lipinski definition) is 4. The second-order valence-corrected chi connectivity index (χ2v) is 6.52. The van der Waals surface area contributed by atoms with Gasteiger partial charge in [0.1, 0.15) is 5.75 Å². The molecule has 0 saturated heterocycles. The molecule has 0 aliphatic rings. The lowest BCUT2D eigenvalue weighted by atomic mass is 10.1. The number of benzene rings is 2. The average Bonchev–Trinajstić information content (AvgIpc) is 3.03. The molecule has 0 bridgehead atoms. The highest BCUT2D eigenvalue weighted by Gasteiger charge is 2.30. The van der Waals surface area contributed by atoms with Crippen molar-refractivity contribution in [3.8, 4) is 17.2 Å². The van der Waals surface area contributed by atoms with Crippen LogP contribution < -0.4 is 4.74 Å². The highest BCUT2D eigenvalue weighted by Crippen LogP contribution is 2.32. The van der Waals surface area contributed by atoms with Crippen LogP contribution in [0.2, 0.25) is 0 Å². The Kier molecular flexibility index (Phi) is 5.63. The number of halogens is 3. The number of hydrogen-bond donors (Lipinski definition) is 1. The van der Waals surface area contributed by atoms with Gasteiger partial charge in [-0.05, 0) is 55.8 Å². The monoisotopic (exact) mass is 405 g/mol. The summed E-state index contributed by atoms with van der Waals surface area (Å²) in [6.45, 7) is 3.46. The van der Waals surface area contributed by atoms with Crippen LogP contribution >= 0.6 is 0 Å². The van der Waals surface area contributed by atoms with E-state index in [1.165, 1.54) is 12.1 Å². The number of aromatic nitrogens is 1. The van der Waals surface area contributed by atoms with Crippen LogP contribution in [-0.4, -0.2) is 16.1 Å². The Labute approximate surface area is 164 Å². The third-order valence-electron chi connectivity index (χ3n) is 4.23. The molecule has 0 aliphatic carbocycles. The number of aliphatic carboxylic acids is 1. The Balaban J connectivity index is 1.78. The predicted molar refractivity (Wildman–Crippen MR) is 98.5 cm³/mol. The van der Waals surface area contributed by atoms with E-state index in [4.69, 9.17) is 14.3 Å². The Bertz CT molecular complexity index is 1010. The van der Waals surface area contributed by atoms with Gasteiger partial charge in [-0.2, -0.15) is 13.2 Å². The first-order valence-electron chi connectivity index (χ1n) is 8.76. The van der Waals surface area contributed by atoms with Crippen LogP contribution in [0.25, 0.3) is 11.5 Å². The molecule has 152 valence electrons. The molecule has 0 aliphatic heterocycles. The molecule has 8 heteroatoms. The molecule has 3 aromatic rings. The van der Waals surface area contributed by atoms with E-state index < -0.39 is 23.8 Å². The van der Waals surface area contributed by atoms with Crippen molar-refractivity contribution in [1.82, 2.24) is 4.98 Å². The summed E-state index contributed by atoms with van der Waals surface area (Å²) in [7, 11) is 0. The first-order chi connectivity index (χ1) is 13.6. The van der Waals surface area contributed by atoms with Crippen molar-refractivity contribution in [2.75, 3.05) is 0 Å². The molecule has 0 spiro atoms. The lowest BCUT2D eigenvalue weighted by Gasteiger charge is -2.13. The standard InChI is InChI=1S/C21H18F3NO4/c1-12-19(13(2)28-17-5-3-4-14(10-17)11-18(26)27)29-20(25-12)15-6-8-16(9-7-15)21(22,23)24/h3-10,13H,11H2,1-2H3,(H,26,27). The molecular weight excluding hydrogens is 387 g/mol. The third kappa shape index (κ3) is 4.96. The minimum absolute atomic E-state index is 0.120. The average molecular weight is 405 g/mol. The molecule has 2 aromatic carbocycles. The summed E-state index contributed by atoms with van der Waals surface area (Å²) in [5.41, 5.74) is 0.821. The van der Waals surface area contributed by atoms with Crippen molar-refractivity contribution < 1.29 is 32.2 Å². The maximum Gasteiger partial charge on any atom is 0.416 e. The van der Waals surface area contributed by atoms with Crippen LogP contribution in [0.1, 0.15) is 35.6 Å². The molecule has 3 rings (SSSR count). The Morgan fingerprint density at radius 2 is 1.90 bits per heavy atom. The Morgan fingerprint density at radius 3 is 2.52 bits per heavy atom. The van der Waals surface area contributed by atoms with Gasteiger partial charge >= 0.3 is 12.1 Å². The van der Waals surface area contributed by atoms with Gasteiger partial charge in [0.05, 0.1) is 17.7 Å². The first kappa shape index (κ1) is 20.4. The molecule has 0 saturated carbocycles. The molecule has 1 unspecified atom stereocenters. The molecule has 1 heterocycles. The quantitative estimate of drug-likeness (QED) is 0.592. The molecule has 0 fully saturated rings. The van der Waals surface area contributed by atoms with E-state index in [0.717, 1.165) is 12.1 Å². The second kappa shape index (κ2) is 7.98. The fourth-order valence-corrected chi connectivity index (χ4v) is 2.87. The summed E-state index contributed by atoms with van der Waals surface area (Å²) in [5.74, 6) is 0.162. The van der Waals surface area contributed by atoms with Crippen molar-refractivity contribution in [2.24, 2.45) is 0 Å². The second-order valence-electron chi connectivity index (χ2n) is 6.52. The molecule has 1 atom stereocenters. The van der Waals surface area contributed by atoms with Crippen LogP contribution in [0.5, 0.6) is 5.75 Å². The lowest BCUT2D eigenvalue weighted by molar-refractivity contribution is -0.138. The van der Waals surface area contributed by atoms with E-state index >= 15 is 0 Å². The van der Waals surface area contributed by atoms with Crippen LogP contribution in [0.3, 0.4) is 0 Å². The Morgan fingerprint density at radius 1 is 1.21 bits per heavy atom. The summed E-state index contributed by atoms with van der Waals surface area (Å²) in [6.07, 6.45) is -5.07. The minimum Gasteiger partial charge on any atom is -0.483 e. The zero-order valence-electron chi connectivity index (χ0n) is 15.7. The van der Waals surface area contributed by atoms with Gasteiger partial charge < -0.3 is 14.3 Å². The van der Waals surface area contributed by atoms with Crippen molar-refractivity contribution in [1.29, 1.82) is 0 Å². The van der Waals surface area contributed by atoms with Crippen molar-refractivity contribution >= 4 is 5.97 Å². The lowest BCUT2D eigenvalue weighted by Crippen LogP contribution is -2.05. The number of carbonyl (C=O) groups is 1. The number of carboxylic acids is 1. The van der Waals surface area contributed by atoms with E-state index in [-0.39, 0.29) is 12.3 Å². The smallest absolute Gasteiger partial charge is 0.416 e. The predicted octanol–water partition coefficient (Wildman–Crippen LogP) is 5.44. The van der Waals surface area contributed by atoms with Crippen LogP contribution in [0, 0.1) is 6.92 Å². The highest BCUT2D eigenvalue weighted by atomic mass is 19.4. The van der Waals surface area contributed by atoms with Gasteiger partial charge in [0.25, 0.3) is 0 Å². The zero-order valence-corrected chi connectivity index (χ0v) is 15.7. The fourth-order valence-electron chi connectivity index (χ4n) is 2.87. The molecule has 5 nitrogen and oxygen atoms in total. The summed E-state index contributed by atoms with van der Waals surface area (Å²) in [4.78, 5) is 15.1. The maximum absolute atomic E-state index is 12.7. The summed E-state index contributed by atoms with van der Waals surface area (Å²) >= 11 is 0. The SMILES string of the molecule is Cc1nc(-c2ccc(C(F)(F)F)cc2)oc1C(C)Oc1cccc(CC(=O)O)c1. The van der Waals surface area contributed by atoms with Gasteiger partial charge in [-0.25, -0.2) is 4.98 Å². The molecule has 1 aromatic heterocycles. The first-order valence-corrected chi connectivity index (χ1v) is 8.76. The minimum atomic E-state index is -4.41. The largest absolute Gasteiger partial charge is 0.483 e. The summed E-state index contributed by atoms with van der Waals surface area (Å²) in [6, 6.07) is 11.3. The van der Waals surface area contributed by atoms with Gasteiger partial charge in [0.15, 0.2) is 11.9 Å². The van der Waals surface area contributed by atoms with E-state index in [9.17, 15) is 18.0 Å².